The van der Waals surface area contributed by atoms with Crippen molar-refractivity contribution in [3.8, 4) is 5.75 Å². The molecule has 0 saturated carbocycles. The molecule has 1 N–H and O–H groups in total. The normalized spacial score (nSPS) is 25.7. The van der Waals surface area contributed by atoms with E-state index in [1.807, 2.05) is 42.5 Å². The molecule has 3 saturated heterocycles. The number of nitrogens with zero attached hydrogens (tertiary/aromatic N) is 4. The van der Waals surface area contributed by atoms with E-state index in [-0.39, 0.29) is 30.9 Å². The van der Waals surface area contributed by atoms with Gasteiger partial charge in [-0.05, 0) is 42.3 Å². The van der Waals surface area contributed by atoms with E-state index in [2.05, 4.69) is 15.1 Å². The Morgan fingerprint density at radius 2 is 1.84 bits per heavy atom. The number of hydrogen-bond donors (Lipinski definition) is 1. The van der Waals surface area contributed by atoms with Crippen molar-refractivity contribution in [2.24, 2.45) is 0 Å². The molecule has 2 aromatic rings. The molecule has 3 atom stereocenters. The molecule has 0 bridgehead atoms. The van der Waals surface area contributed by atoms with Gasteiger partial charge in [0, 0.05) is 30.8 Å². The number of methoxy groups -OCH3 is 1. The summed E-state index contributed by atoms with van der Waals surface area (Å²) in [6.45, 7) is 1.79. The van der Waals surface area contributed by atoms with Crippen LogP contribution in [-0.4, -0.2) is 72.4 Å². The fraction of sp³-hybridized carbons (Fsp3) is 0.391. The Morgan fingerprint density at radius 1 is 1.09 bits per heavy atom. The first-order valence-corrected chi connectivity index (χ1v) is 11.1. The third-order valence-electron chi connectivity index (χ3n) is 6.56. The van der Waals surface area contributed by atoms with E-state index in [4.69, 9.17) is 16.3 Å². The maximum Gasteiger partial charge on any atom is 0.328 e. The van der Waals surface area contributed by atoms with Gasteiger partial charge in [0.15, 0.2) is 0 Å². The van der Waals surface area contributed by atoms with Crippen molar-refractivity contribution < 1.29 is 14.3 Å². The van der Waals surface area contributed by atoms with Gasteiger partial charge < -0.3 is 14.5 Å². The number of urea groups is 1. The maximum atomic E-state index is 13.6. The number of carbonyl (C=O) groups excluding carboxylic acids is 2. The summed E-state index contributed by atoms with van der Waals surface area (Å²) in [4.78, 5) is 34.1. The number of likely N-dealkylation sites (N-methyl/N-ethyl adjacent to an activating group) is 1. The first kappa shape index (κ1) is 21.1. The van der Waals surface area contributed by atoms with E-state index in [1.165, 1.54) is 4.90 Å². The molecule has 3 heterocycles. The second-order valence-corrected chi connectivity index (χ2v) is 8.73. The average Bonchev–Trinajstić information content (AvgIpc) is 3.22. The Balaban J connectivity index is 1.43. The SMILES string of the molecule is COc1ccc(N2CCCN3C4C(=O)N(Cc5ccccc5Cl)C(=O)N(C)C4NC23)cc1. The van der Waals surface area contributed by atoms with E-state index < -0.39 is 6.04 Å². The van der Waals surface area contributed by atoms with Crippen LogP contribution in [0.5, 0.6) is 5.75 Å². The van der Waals surface area contributed by atoms with Crippen LogP contribution >= 0.6 is 11.6 Å². The van der Waals surface area contributed by atoms with Crippen LogP contribution in [0.25, 0.3) is 0 Å². The Labute approximate surface area is 192 Å². The Morgan fingerprint density at radius 3 is 2.56 bits per heavy atom. The van der Waals surface area contributed by atoms with Crippen molar-refractivity contribution in [1.29, 1.82) is 0 Å². The molecule has 32 heavy (non-hydrogen) atoms. The minimum absolute atomic E-state index is 0.158. The number of carbonyl (C=O) groups is 2. The summed E-state index contributed by atoms with van der Waals surface area (Å²) in [5.74, 6) is 0.607. The fourth-order valence-electron chi connectivity index (χ4n) is 4.90. The predicted octanol–water partition coefficient (Wildman–Crippen LogP) is 2.54. The number of imide groups is 1. The molecule has 0 spiro atoms. The number of hydrogen-bond acceptors (Lipinski definition) is 6. The van der Waals surface area contributed by atoms with Gasteiger partial charge in [-0.15, -0.1) is 0 Å². The van der Waals surface area contributed by atoms with Gasteiger partial charge in [0.2, 0.25) is 0 Å². The molecule has 3 unspecified atom stereocenters. The monoisotopic (exact) mass is 455 g/mol. The molecule has 3 fully saturated rings. The first-order valence-electron chi connectivity index (χ1n) is 10.7. The highest BCUT2D eigenvalue weighted by atomic mass is 35.5. The third kappa shape index (κ3) is 3.39. The van der Waals surface area contributed by atoms with Crippen LogP contribution in [0, 0.1) is 0 Å². The summed E-state index contributed by atoms with van der Waals surface area (Å²) < 4.78 is 5.28. The molecule has 0 aromatic heterocycles. The van der Waals surface area contributed by atoms with Crippen molar-refractivity contribution in [2.45, 2.75) is 31.5 Å². The van der Waals surface area contributed by atoms with E-state index >= 15 is 0 Å². The molecule has 3 amide bonds. The minimum atomic E-state index is -0.453. The lowest BCUT2D eigenvalue weighted by Crippen LogP contribution is -2.66. The molecule has 2 aromatic carbocycles. The average molecular weight is 456 g/mol. The van der Waals surface area contributed by atoms with Gasteiger partial charge in [-0.1, -0.05) is 29.8 Å². The van der Waals surface area contributed by atoms with Crippen molar-refractivity contribution >= 4 is 29.2 Å². The lowest BCUT2D eigenvalue weighted by atomic mass is 10.1. The van der Waals surface area contributed by atoms with Gasteiger partial charge in [-0.25, -0.2) is 4.79 Å². The zero-order valence-corrected chi connectivity index (χ0v) is 18.8. The van der Waals surface area contributed by atoms with Crippen molar-refractivity contribution in [3.63, 3.8) is 0 Å². The van der Waals surface area contributed by atoms with E-state index in [0.29, 0.717) is 5.02 Å². The minimum Gasteiger partial charge on any atom is -0.497 e. The van der Waals surface area contributed by atoms with E-state index in [1.54, 1.807) is 25.1 Å². The zero-order chi connectivity index (χ0) is 22.4. The molecular formula is C23H26ClN5O3. The topological polar surface area (TPSA) is 68.4 Å². The van der Waals surface area contributed by atoms with Gasteiger partial charge in [-0.2, -0.15) is 0 Å². The second-order valence-electron chi connectivity index (χ2n) is 8.32. The number of ether oxygens (including phenoxy) is 1. The van der Waals surface area contributed by atoms with Crippen molar-refractivity contribution in [1.82, 2.24) is 20.0 Å². The molecule has 5 rings (SSSR count). The number of rotatable bonds is 4. The van der Waals surface area contributed by atoms with Crippen LogP contribution in [0.1, 0.15) is 12.0 Å². The zero-order valence-electron chi connectivity index (χ0n) is 18.1. The van der Waals surface area contributed by atoms with E-state index in [9.17, 15) is 9.59 Å². The van der Waals surface area contributed by atoms with Crippen molar-refractivity contribution in [2.75, 3.05) is 32.1 Å². The largest absolute Gasteiger partial charge is 0.497 e. The first-order chi connectivity index (χ1) is 15.5. The van der Waals surface area contributed by atoms with Gasteiger partial charge in [-0.3, -0.25) is 19.9 Å². The number of benzene rings is 2. The van der Waals surface area contributed by atoms with Crippen LogP contribution < -0.4 is 15.0 Å². The Bertz CT molecular complexity index is 1030. The van der Waals surface area contributed by atoms with Crippen LogP contribution in [0.4, 0.5) is 10.5 Å². The molecule has 8 nitrogen and oxygen atoms in total. The lowest BCUT2D eigenvalue weighted by molar-refractivity contribution is -0.139. The summed E-state index contributed by atoms with van der Waals surface area (Å²) in [5, 5.41) is 4.08. The summed E-state index contributed by atoms with van der Waals surface area (Å²) in [6, 6.07) is 14.4. The smallest absolute Gasteiger partial charge is 0.328 e. The molecule has 9 heteroatoms. The lowest BCUT2D eigenvalue weighted by Gasteiger charge is -2.44. The fourth-order valence-corrected chi connectivity index (χ4v) is 5.10. The predicted molar refractivity (Wildman–Crippen MR) is 121 cm³/mol. The highest BCUT2D eigenvalue weighted by Gasteiger charge is 2.56. The molecule has 168 valence electrons. The highest BCUT2D eigenvalue weighted by molar-refractivity contribution is 6.31. The summed E-state index contributed by atoms with van der Waals surface area (Å²) in [7, 11) is 3.39. The molecule has 0 radical (unpaired) electrons. The maximum absolute atomic E-state index is 13.6. The summed E-state index contributed by atoms with van der Waals surface area (Å²) in [5.41, 5.74) is 1.80. The second kappa shape index (κ2) is 8.27. The number of halogens is 1. The van der Waals surface area contributed by atoms with Gasteiger partial charge >= 0.3 is 6.03 Å². The van der Waals surface area contributed by atoms with Crippen LogP contribution in [0.15, 0.2) is 48.5 Å². The molecule has 3 aliphatic heterocycles. The Kier molecular flexibility index (Phi) is 5.44. The van der Waals surface area contributed by atoms with E-state index in [0.717, 1.165) is 36.5 Å². The highest BCUT2D eigenvalue weighted by Crippen LogP contribution is 2.34. The molecular weight excluding hydrogens is 430 g/mol. The summed E-state index contributed by atoms with van der Waals surface area (Å²) in [6.07, 6.45) is 0.357. The van der Waals surface area contributed by atoms with Crippen LogP contribution in [-0.2, 0) is 11.3 Å². The van der Waals surface area contributed by atoms with Crippen LogP contribution in [0.2, 0.25) is 5.02 Å². The summed E-state index contributed by atoms with van der Waals surface area (Å²) >= 11 is 6.30. The third-order valence-corrected chi connectivity index (χ3v) is 6.93. The number of amides is 3. The van der Waals surface area contributed by atoms with Crippen molar-refractivity contribution in [3.05, 3.63) is 59.1 Å². The number of fused-ring (bicyclic) bond motifs is 3. The number of anilines is 1. The van der Waals surface area contributed by atoms with Gasteiger partial charge in [0.05, 0.1) is 13.7 Å². The standard InChI is InChI=1S/C23H26ClN5O3/c1-26-20-19(21(30)29(23(26)31)14-15-6-3-4-7-18(15)24)28-13-5-12-27(22(28)25-20)16-8-10-17(32-2)11-9-16/h3-4,6-11,19-20,22,25H,5,12-14H2,1-2H3. The van der Waals surface area contributed by atoms with Gasteiger partial charge in [0.1, 0.15) is 24.2 Å². The molecule has 0 aliphatic carbocycles. The quantitative estimate of drug-likeness (QED) is 0.764. The Hall–Kier alpha value is -2.81. The van der Waals surface area contributed by atoms with Gasteiger partial charge in [0.25, 0.3) is 5.91 Å². The molecule has 3 aliphatic rings. The number of nitrogens with one attached hydrogen (secondary N) is 1. The van der Waals surface area contributed by atoms with Crippen LogP contribution in [0.3, 0.4) is 0 Å².